The molecule has 0 atom stereocenters. The summed E-state index contributed by atoms with van der Waals surface area (Å²) in [5.41, 5.74) is 5.85. The number of hydrogen-bond donors (Lipinski definition) is 2. The third kappa shape index (κ3) is 3.76. The number of methoxy groups -OCH3 is 1. The van der Waals surface area contributed by atoms with Crippen molar-refractivity contribution in [3.05, 3.63) is 29.8 Å². The summed E-state index contributed by atoms with van der Waals surface area (Å²) >= 11 is 4.76. The fraction of sp³-hybridized carbons (Fsp3) is 0.200. The van der Waals surface area contributed by atoms with Crippen molar-refractivity contribution in [1.29, 1.82) is 0 Å². The molecule has 98 valence electrons. The van der Waals surface area contributed by atoms with Gasteiger partial charge in [-0.05, 0) is 12.1 Å². The fourth-order valence-corrected chi connectivity index (χ4v) is 2.27. The molecule has 0 amide bonds. The lowest BCUT2D eigenvalue weighted by Crippen LogP contribution is -2.30. The first-order valence-electron chi connectivity index (χ1n) is 4.83. The van der Waals surface area contributed by atoms with E-state index in [0.717, 1.165) is 0 Å². The van der Waals surface area contributed by atoms with Gasteiger partial charge in [0.05, 0.1) is 12.0 Å². The normalized spacial score (nSPS) is 10.9. The molecule has 0 fully saturated rings. The molecule has 0 aliphatic carbocycles. The Morgan fingerprint density at radius 1 is 1.50 bits per heavy atom. The molecule has 0 radical (unpaired) electrons. The zero-order valence-corrected chi connectivity index (χ0v) is 11.2. The van der Waals surface area contributed by atoms with Crippen LogP contribution in [-0.4, -0.2) is 33.0 Å². The number of thiocarbonyl (C=S) groups is 1. The van der Waals surface area contributed by atoms with Crippen molar-refractivity contribution in [2.24, 2.45) is 5.73 Å². The number of ether oxygens (including phenoxy) is 1. The standard InChI is InChI=1S/C10H12N2O4S2/c1-16-9(13)6-12-18(14,15)8-4-2-3-7(5-8)10(11)17/h2-5,12H,6H2,1H3,(H2,11,17). The summed E-state index contributed by atoms with van der Waals surface area (Å²) in [7, 11) is -2.62. The molecule has 3 N–H and O–H groups in total. The quantitative estimate of drug-likeness (QED) is 0.574. The summed E-state index contributed by atoms with van der Waals surface area (Å²) in [5.74, 6) is -0.677. The minimum Gasteiger partial charge on any atom is -0.468 e. The van der Waals surface area contributed by atoms with Crippen LogP contribution in [0.4, 0.5) is 0 Å². The first-order chi connectivity index (χ1) is 8.36. The van der Waals surface area contributed by atoms with Crippen molar-refractivity contribution in [2.75, 3.05) is 13.7 Å². The van der Waals surface area contributed by atoms with Gasteiger partial charge < -0.3 is 10.5 Å². The topological polar surface area (TPSA) is 98.5 Å². The highest BCUT2D eigenvalue weighted by molar-refractivity contribution is 7.89. The number of carbonyl (C=O) groups is 1. The van der Waals surface area contributed by atoms with Crippen LogP contribution in [0.5, 0.6) is 0 Å². The summed E-state index contributed by atoms with van der Waals surface area (Å²) in [6.45, 7) is -0.434. The highest BCUT2D eigenvalue weighted by Gasteiger charge is 2.16. The Kier molecular flexibility index (Phi) is 4.76. The molecule has 18 heavy (non-hydrogen) atoms. The highest BCUT2D eigenvalue weighted by Crippen LogP contribution is 2.11. The molecule has 1 aromatic rings. The van der Waals surface area contributed by atoms with Gasteiger partial charge in [-0.2, -0.15) is 4.72 Å². The monoisotopic (exact) mass is 288 g/mol. The van der Waals surface area contributed by atoms with Gasteiger partial charge in [-0.25, -0.2) is 8.42 Å². The number of esters is 1. The molecule has 1 aromatic carbocycles. The summed E-state index contributed by atoms with van der Waals surface area (Å²) in [5, 5.41) is 0. The van der Waals surface area contributed by atoms with Crippen LogP contribution in [0, 0.1) is 0 Å². The summed E-state index contributed by atoms with van der Waals surface area (Å²) in [6, 6.07) is 5.83. The molecule has 1 rings (SSSR count). The molecule has 0 aliphatic heterocycles. The second-order valence-corrected chi connectivity index (χ2v) is 5.50. The number of nitrogens with one attached hydrogen (secondary N) is 1. The average molecular weight is 288 g/mol. The van der Waals surface area contributed by atoms with E-state index in [-0.39, 0.29) is 9.88 Å². The maximum atomic E-state index is 11.8. The van der Waals surface area contributed by atoms with Crippen LogP contribution in [0.1, 0.15) is 5.56 Å². The van der Waals surface area contributed by atoms with Gasteiger partial charge in [-0.3, -0.25) is 4.79 Å². The Morgan fingerprint density at radius 2 is 2.17 bits per heavy atom. The molecule has 0 aliphatic rings. The Hall–Kier alpha value is -1.51. The molecule has 0 aromatic heterocycles. The van der Waals surface area contributed by atoms with Crippen molar-refractivity contribution in [3.63, 3.8) is 0 Å². The molecule has 0 unspecified atom stereocenters. The summed E-state index contributed by atoms with van der Waals surface area (Å²) < 4.78 is 30.1. The van der Waals surface area contributed by atoms with Crippen LogP contribution in [-0.2, 0) is 19.6 Å². The van der Waals surface area contributed by atoms with Gasteiger partial charge in [-0.1, -0.05) is 24.4 Å². The molecule has 8 heteroatoms. The molecule has 0 bridgehead atoms. The van der Waals surface area contributed by atoms with Gasteiger partial charge in [0.2, 0.25) is 10.0 Å². The van der Waals surface area contributed by atoms with Gasteiger partial charge >= 0.3 is 5.97 Å². The van der Waals surface area contributed by atoms with Crippen molar-refractivity contribution >= 4 is 33.2 Å². The van der Waals surface area contributed by atoms with Crippen LogP contribution in [0.3, 0.4) is 0 Å². The van der Waals surface area contributed by atoms with Crippen molar-refractivity contribution in [1.82, 2.24) is 4.72 Å². The average Bonchev–Trinajstić information content (AvgIpc) is 2.36. The van der Waals surface area contributed by atoms with E-state index in [1.165, 1.54) is 25.3 Å². The van der Waals surface area contributed by atoms with Gasteiger partial charge in [0.1, 0.15) is 11.5 Å². The number of carbonyl (C=O) groups excluding carboxylic acids is 1. The SMILES string of the molecule is COC(=O)CNS(=O)(=O)c1cccc(C(N)=S)c1. The molecular formula is C10H12N2O4S2. The van der Waals surface area contributed by atoms with Crippen LogP contribution in [0.25, 0.3) is 0 Å². The zero-order valence-electron chi connectivity index (χ0n) is 9.54. The van der Waals surface area contributed by atoms with Crippen molar-refractivity contribution in [2.45, 2.75) is 4.90 Å². The lowest BCUT2D eigenvalue weighted by molar-refractivity contribution is -0.139. The third-order valence-corrected chi connectivity index (χ3v) is 3.70. The third-order valence-electron chi connectivity index (χ3n) is 2.06. The highest BCUT2D eigenvalue weighted by atomic mass is 32.2. The Labute approximate surface area is 110 Å². The maximum absolute atomic E-state index is 11.8. The number of rotatable bonds is 5. The maximum Gasteiger partial charge on any atom is 0.320 e. The first kappa shape index (κ1) is 14.6. The van der Waals surface area contributed by atoms with E-state index in [1.807, 2.05) is 0 Å². The minimum atomic E-state index is -3.79. The zero-order chi connectivity index (χ0) is 13.8. The number of hydrogen-bond acceptors (Lipinski definition) is 5. The van der Waals surface area contributed by atoms with E-state index in [0.29, 0.717) is 5.56 Å². The van der Waals surface area contributed by atoms with Crippen molar-refractivity contribution < 1.29 is 17.9 Å². The molecule has 6 nitrogen and oxygen atoms in total. The smallest absolute Gasteiger partial charge is 0.320 e. The van der Waals surface area contributed by atoms with Crippen LogP contribution >= 0.6 is 12.2 Å². The van der Waals surface area contributed by atoms with E-state index in [4.69, 9.17) is 18.0 Å². The second kappa shape index (κ2) is 5.89. The van der Waals surface area contributed by atoms with Gasteiger partial charge in [0.15, 0.2) is 0 Å². The molecule has 0 saturated heterocycles. The molecule has 0 heterocycles. The van der Waals surface area contributed by atoms with E-state index >= 15 is 0 Å². The Bertz CT molecular complexity index is 569. The van der Waals surface area contributed by atoms with Gasteiger partial charge in [-0.15, -0.1) is 0 Å². The van der Waals surface area contributed by atoms with E-state index in [1.54, 1.807) is 6.07 Å². The van der Waals surface area contributed by atoms with Gasteiger partial charge in [0, 0.05) is 5.56 Å². The van der Waals surface area contributed by atoms with E-state index in [9.17, 15) is 13.2 Å². The predicted molar refractivity (Wildman–Crippen MR) is 69.5 cm³/mol. The number of sulfonamides is 1. The summed E-state index contributed by atoms with van der Waals surface area (Å²) in [4.78, 5) is 11.0. The largest absolute Gasteiger partial charge is 0.468 e. The Balaban J connectivity index is 2.95. The predicted octanol–water partition coefficient (Wildman–Crippen LogP) is -0.228. The van der Waals surface area contributed by atoms with Crippen molar-refractivity contribution in [3.8, 4) is 0 Å². The number of nitrogens with two attached hydrogens (primary N) is 1. The molecular weight excluding hydrogens is 276 g/mol. The lowest BCUT2D eigenvalue weighted by Gasteiger charge is -2.07. The van der Waals surface area contributed by atoms with E-state index in [2.05, 4.69) is 9.46 Å². The van der Waals surface area contributed by atoms with E-state index < -0.39 is 22.5 Å². The van der Waals surface area contributed by atoms with Crippen LogP contribution in [0.2, 0.25) is 0 Å². The molecule has 0 saturated carbocycles. The van der Waals surface area contributed by atoms with Gasteiger partial charge in [0.25, 0.3) is 0 Å². The second-order valence-electron chi connectivity index (χ2n) is 3.29. The summed E-state index contributed by atoms with van der Waals surface area (Å²) in [6.07, 6.45) is 0. The number of benzene rings is 1. The fourth-order valence-electron chi connectivity index (χ4n) is 1.13. The first-order valence-corrected chi connectivity index (χ1v) is 6.72. The minimum absolute atomic E-state index is 0.0169. The van der Waals surface area contributed by atoms with Crippen LogP contribution in [0.15, 0.2) is 29.2 Å². The molecule has 0 spiro atoms. The Morgan fingerprint density at radius 3 is 2.72 bits per heavy atom. The lowest BCUT2D eigenvalue weighted by atomic mass is 10.2. The van der Waals surface area contributed by atoms with Crippen LogP contribution < -0.4 is 10.5 Å².